The van der Waals surface area contributed by atoms with Crippen LogP contribution in [0.4, 0.5) is 0 Å². The average molecular weight is 532 g/mol. The molecule has 0 aliphatic heterocycles. The lowest BCUT2D eigenvalue weighted by atomic mass is 10.1. The molecule has 2 N–H and O–H groups in total. The molecule has 9 heteroatoms. The first kappa shape index (κ1) is 25.2. The molecule has 0 radical (unpaired) electrons. The van der Waals surface area contributed by atoms with Crippen LogP contribution in [-0.2, 0) is 22.9 Å². The summed E-state index contributed by atoms with van der Waals surface area (Å²) >= 11 is 0. The second-order valence-electron chi connectivity index (χ2n) is 6.47. The highest BCUT2D eigenvalue weighted by atomic mass is 127. The first-order chi connectivity index (χ1) is 13.3. The maximum atomic E-state index is 11.7. The summed E-state index contributed by atoms with van der Waals surface area (Å²) in [4.78, 5) is 8.86. The lowest BCUT2D eigenvalue weighted by molar-refractivity contribution is 0.301. The first-order valence-corrected chi connectivity index (χ1v) is 11.0. The van der Waals surface area contributed by atoms with Crippen molar-refractivity contribution in [2.24, 2.45) is 4.99 Å². The van der Waals surface area contributed by atoms with E-state index in [2.05, 4.69) is 27.5 Å². The summed E-state index contributed by atoms with van der Waals surface area (Å²) in [5.41, 5.74) is 2.66. The molecule has 0 aliphatic rings. The fourth-order valence-electron chi connectivity index (χ4n) is 2.71. The summed E-state index contributed by atoms with van der Waals surface area (Å²) in [5.74, 6) is 1.26. The van der Waals surface area contributed by atoms with Crippen molar-refractivity contribution in [3.63, 3.8) is 0 Å². The molecule has 0 bridgehead atoms. The number of pyridine rings is 1. The third-order valence-corrected chi connectivity index (χ3v) is 5.32. The third-order valence-electron chi connectivity index (χ3n) is 4.06. The average Bonchev–Trinajstić information content (AvgIpc) is 2.66. The molecule has 160 valence electrons. The quantitative estimate of drug-likeness (QED) is 0.309. The Kier molecular flexibility index (Phi) is 10.4. The Morgan fingerprint density at radius 1 is 1.21 bits per heavy atom. The van der Waals surface area contributed by atoms with Gasteiger partial charge in [-0.25, -0.2) is 13.4 Å². The number of aryl methyl sites for hydroxylation is 1. The molecule has 0 saturated carbocycles. The highest BCUT2D eigenvalue weighted by molar-refractivity contribution is 14.0. The number of hydrogen-bond acceptors (Lipinski definition) is 5. The van der Waals surface area contributed by atoms with Gasteiger partial charge in [-0.3, -0.25) is 4.99 Å². The predicted molar refractivity (Wildman–Crippen MR) is 127 cm³/mol. The van der Waals surface area contributed by atoms with E-state index in [-0.39, 0.29) is 24.0 Å². The van der Waals surface area contributed by atoms with Gasteiger partial charge in [0.15, 0.2) is 15.8 Å². The van der Waals surface area contributed by atoms with Gasteiger partial charge in [-0.15, -0.1) is 24.0 Å². The zero-order valence-corrected chi connectivity index (χ0v) is 20.4. The van der Waals surface area contributed by atoms with Crippen LogP contribution < -0.4 is 15.4 Å². The van der Waals surface area contributed by atoms with Crippen molar-refractivity contribution in [3.8, 4) is 5.88 Å². The first-order valence-electron chi connectivity index (χ1n) is 9.16. The van der Waals surface area contributed by atoms with Gasteiger partial charge in [0.2, 0.25) is 5.88 Å². The predicted octanol–water partition coefficient (Wildman–Crippen LogP) is 3.07. The van der Waals surface area contributed by atoms with Crippen LogP contribution in [0.3, 0.4) is 0 Å². The van der Waals surface area contributed by atoms with Gasteiger partial charge in [-0.2, -0.15) is 0 Å². The third kappa shape index (κ3) is 7.81. The van der Waals surface area contributed by atoms with E-state index in [9.17, 15) is 8.42 Å². The zero-order chi connectivity index (χ0) is 20.6. The molecular weight excluding hydrogens is 503 g/mol. The summed E-state index contributed by atoms with van der Waals surface area (Å²) < 4.78 is 29.1. The fourth-order valence-corrected chi connectivity index (χ4v) is 3.67. The minimum atomic E-state index is -3.21. The van der Waals surface area contributed by atoms with Crippen LogP contribution in [0.25, 0.3) is 0 Å². The van der Waals surface area contributed by atoms with Crippen molar-refractivity contribution in [1.29, 1.82) is 0 Å². The van der Waals surface area contributed by atoms with Crippen LogP contribution in [0.1, 0.15) is 30.0 Å². The van der Waals surface area contributed by atoms with Gasteiger partial charge >= 0.3 is 0 Å². The Bertz CT molecular complexity index is 933. The van der Waals surface area contributed by atoms with Gasteiger partial charge in [0.05, 0.1) is 11.5 Å². The van der Waals surface area contributed by atoms with Crippen molar-refractivity contribution in [2.75, 3.05) is 19.9 Å². The van der Waals surface area contributed by atoms with Crippen LogP contribution >= 0.6 is 24.0 Å². The smallest absolute Gasteiger partial charge is 0.218 e. The van der Waals surface area contributed by atoms with Crippen molar-refractivity contribution >= 4 is 39.8 Å². The van der Waals surface area contributed by atoms with E-state index in [1.165, 1.54) is 6.26 Å². The van der Waals surface area contributed by atoms with Gasteiger partial charge in [-0.05, 0) is 36.6 Å². The van der Waals surface area contributed by atoms with Crippen LogP contribution in [0.15, 0.2) is 46.4 Å². The van der Waals surface area contributed by atoms with Gasteiger partial charge in [-0.1, -0.05) is 25.1 Å². The summed E-state index contributed by atoms with van der Waals surface area (Å²) in [6.45, 7) is 5.53. The normalized spacial score (nSPS) is 11.5. The zero-order valence-electron chi connectivity index (χ0n) is 17.2. The second kappa shape index (κ2) is 12.0. The maximum Gasteiger partial charge on any atom is 0.218 e. The van der Waals surface area contributed by atoms with E-state index >= 15 is 0 Å². The van der Waals surface area contributed by atoms with Gasteiger partial charge in [0.25, 0.3) is 0 Å². The van der Waals surface area contributed by atoms with E-state index in [1.54, 1.807) is 26.2 Å². The molecule has 0 saturated heterocycles. The van der Waals surface area contributed by atoms with E-state index in [4.69, 9.17) is 4.74 Å². The molecule has 0 fully saturated rings. The van der Waals surface area contributed by atoms with Crippen molar-refractivity contribution in [3.05, 3.63) is 53.2 Å². The van der Waals surface area contributed by atoms with Crippen LogP contribution in [0, 0.1) is 6.92 Å². The molecule has 0 unspecified atom stereocenters. The molecule has 0 amide bonds. The van der Waals surface area contributed by atoms with Gasteiger partial charge < -0.3 is 15.4 Å². The van der Waals surface area contributed by atoms with E-state index in [0.717, 1.165) is 23.1 Å². The van der Waals surface area contributed by atoms with Crippen molar-refractivity contribution < 1.29 is 13.2 Å². The number of aromatic nitrogens is 1. The Hall–Kier alpha value is -1.88. The Balaban J connectivity index is 0.00000420. The lowest BCUT2D eigenvalue weighted by Gasteiger charge is -2.14. The summed E-state index contributed by atoms with van der Waals surface area (Å²) in [7, 11) is -1.51. The molecule has 0 atom stereocenters. The molecule has 1 aromatic heterocycles. The number of guanidine groups is 1. The van der Waals surface area contributed by atoms with Crippen molar-refractivity contribution in [2.45, 2.75) is 38.3 Å². The van der Waals surface area contributed by atoms with E-state index < -0.39 is 9.84 Å². The second-order valence-corrected chi connectivity index (χ2v) is 8.45. The number of hydrogen-bond donors (Lipinski definition) is 2. The Morgan fingerprint density at radius 3 is 2.55 bits per heavy atom. The molecule has 2 rings (SSSR count). The summed E-state index contributed by atoms with van der Waals surface area (Å²) in [5, 5.41) is 6.48. The molecular formula is C20H29IN4O3S. The number of nitrogens with one attached hydrogen (secondary N) is 2. The molecule has 1 aromatic carbocycles. The highest BCUT2D eigenvalue weighted by Crippen LogP contribution is 2.17. The van der Waals surface area contributed by atoms with Crippen LogP contribution in [-0.4, -0.2) is 39.3 Å². The summed E-state index contributed by atoms with van der Waals surface area (Å²) in [6.07, 6.45) is 3.85. The lowest BCUT2D eigenvalue weighted by Crippen LogP contribution is -2.36. The minimum Gasteiger partial charge on any atom is -0.477 e. The fraction of sp³-hybridized carbons (Fsp3) is 0.400. The summed E-state index contributed by atoms with van der Waals surface area (Å²) in [6, 6.07) is 9.16. The Labute approximate surface area is 190 Å². The number of sulfone groups is 1. The van der Waals surface area contributed by atoms with Crippen LogP contribution in [0.2, 0.25) is 0 Å². The van der Waals surface area contributed by atoms with Gasteiger partial charge in [0, 0.05) is 38.2 Å². The monoisotopic (exact) mass is 532 g/mol. The SMILES string of the molecule is CCCOc1ncccc1CNC(=NC)NCc1ccc(S(C)(=O)=O)c(C)c1.I. The number of nitrogens with zero attached hydrogens (tertiary/aromatic N) is 2. The maximum absolute atomic E-state index is 11.7. The molecule has 2 aromatic rings. The Morgan fingerprint density at radius 2 is 1.93 bits per heavy atom. The number of rotatable bonds is 8. The molecule has 7 nitrogen and oxygen atoms in total. The molecule has 0 spiro atoms. The molecule has 1 heterocycles. The standard InChI is InChI=1S/C20H28N4O3S.HI/c1-5-11-27-19-17(7-6-10-22-19)14-24-20(21-3)23-13-16-8-9-18(15(2)12-16)28(4,25)26;/h6-10,12H,5,11,13-14H2,1-4H3,(H2,21,23,24);1H. The molecule has 0 aliphatic carbocycles. The number of ether oxygens (including phenoxy) is 1. The largest absolute Gasteiger partial charge is 0.477 e. The minimum absolute atomic E-state index is 0. The van der Waals surface area contributed by atoms with E-state index in [0.29, 0.717) is 36.4 Å². The topological polar surface area (TPSA) is 92.7 Å². The number of halogens is 1. The van der Waals surface area contributed by atoms with E-state index in [1.807, 2.05) is 24.3 Å². The molecule has 29 heavy (non-hydrogen) atoms. The highest BCUT2D eigenvalue weighted by Gasteiger charge is 2.11. The van der Waals surface area contributed by atoms with Crippen molar-refractivity contribution in [1.82, 2.24) is 15.6 Å². The van der Waals surface area contributed by atoms with Crippen LogP contribution in [0.5, 0.6) is 5.88 Å². The number of benzene rings is 1. The van der Waals surface area contributed by atoms with Gasteiger partial charge in [0.1, 0.15) is 0 Å². The number of aliphatic imine (C=N–C) groups is 1.